The zero-order valence-electron chi connectivity index (χ0n) is 13.6. The third kappa shape index (κ3) is 4.73. The summed E-state index contributed by atoms with van der Waals surface area (Å²) >= 11 is 6.07. The van der Waals surface area contributed by atoms with E-state index in [1.165, 1.54) is 5.56 Å². The van der Waals surface area contributed by atoms with E-state index in [1.54, 1.807) is 18.2 Å². The molecule has 2 rings (SSSR count). The number of aryl methyl sites for hydroxylation is 1. The minimum absolute atomic E-state index is 0.381. The van der Waals surface area contributed by atoms with Crippen LogP contribution in [0.15, 0.2) is 36.4 Å². The van der Waals surface area contributed by atoms with Crippen molar-refractivity contribution in [3.8, 4) is 11.5 Å². The highest BCUT2D eigenvalue weighted by Crippen LogP contribution is 2.28. The highest BCUT2D eigenvalue weighted by Gasteiger charge is 2.08. The second-order valence-corrected chi connectivity index (χ2v) is 6.11. The Morgan fingerprint density at radius 2 is 1.74 bits per heavy atom. The van der Waals surface area contributed by atoms with Crippen molar-refractivity contribution < 1.29 is 14.3 Å². The number of carbonyl (C=O) groups is 1. The van der Waals surface area contributed by atoms with Crippen molar-refractivity contribution in [2.45, 2.75) is 26.7 Å². The molecule has 0 aliphatic heterocycles. The molecule has 0 aliphatic rings. The van der Waals surface area contributed by atoms with Crippen molar-refractivity contribution in [1.82, 2.24) is 0 Å². The SMILES string of the molecule is Cc1ccc(C(C)C)c(OCCOc2ccc(C=O)cc2Cl)c1. The number of carbonyl (C=O) groups excluding carboxylic acids is 1. The Balaban J connectivity index is 1.93. The van der Waals surface area contributed by atoms with Gasteiger partial charge >= 0.3 is 0 Å². The van der Waals surface area contributed by atoms with Gasteiger partial charge in [-0.25, -0.2) is 0 Å². The van der Waals surface area contributed by atoms with Gasteiger partial charge in [0.25, 0.3) is 0 Å². The topological polar surface area (TPSA) is 35.5 Å². The van der Waals surface area contributed by atoms with Crippen LogP contribution in [0.5, 0.6) is 11.5 Å². The maximum Gasteiger partial charge on any atom is 0.150 e. The molecule has 0 atom stereocenters. The van der Waals surface area contributed by atoms with Gasteiger partial charge in [0.2, 0.25) is 0 Å². The second kappa shape index (κ2) is 8.02. The van der Waals surface area contributed by atoms with Gasteiger partial charge in [0.15, 0.2) is 0 Å². The molecule has 0 amide bonds. The van der Waals surface area contributed by atoms with Crippen LogP contribution in [-0.2, 0) is 0 Å². The van der Waals surface area contributed by atoms with Crippen LogP contribution in [0.25, 0.3) is 0 Å². The molecule has 2 aromatic rings. The molecule has 0 fully saturated rings. The molecule has 0 unspecified atom stereocenters. The molecule has 0 saturated carbocycles. The molecular weight excluding hydrogens is 312 g/mol. The molecular formula is C19H21ClO3. The third-order valence-corrected chi connectivity index (χ3v) is 3.78. The van der Waals surface area contributed by atoms with Gasteiger partial charge in [-0.3, -0.25) is 4.79 Å². The van der Waals surface area contributed by atoms with Crippen molar-refractivity contribution in [2.75, 3.05) is 13.2 Å². The first-order valence-corrected chi connectivity index (χ1v) is 8.00. The fraction of sp³-hybridized carbons (Fsp3) is 0.316. The molecule has 23 heavy (non-hydrogen) atoms. The molecule has 122 valence electrons. The van der Waals surface area contributed by atoms with E-state index < -0.39 is 0 Å². The Morgan fingerprint density at radius 1 is 1.04 bits per heavy atom. The Labute approximate surface area is 142 Å². The van der Waals surface area contributed by atoms with Gasteiger partial charge in [-0.1, -0.05) is 37.6 Å². The maximum absolute atomic E-state index is 10.7. The summed E-state index contributed by atoms with van der Waals surface area (Å²) in [5.41, 5.74) is 2.88. The monoisotopic (exact) mass is 332 g/mol. The third-order valence-electron chi connectivity index (χ3n) is 3.48. The first-order chi connectivity index (χ1) is 11.0. The van der Waals surface area contributed by atoms with E-state index in [9.17, 15) is 4.79 Å². The fourth-order valence-corrected chi connectivity index (χ4v) is 2.50. The van der Waals surface area contributed by atoms with E-state index in [0.29, 0.717) is 35.5 Å². The summed E-state index contributed by atoms with van der Waals surface area (Å²) in [4.78, 5) is 10.7. The van der Waals surface area contributed by atoms with E-state index in [4.69, 9.17) is 21.1 Å². The van der Waals surface area contributed by atoms with Crippen molar-refractivity contribution in [3.63, 3.8) is 0 Å². The molecule has 4 heteroatoms. The van der Waals surface area contributed by atoms with Crippen molar-refractivity contribution in [1.29, 1.82) is 0 Å². The summed E-state index contributed by atoms with van der Waals surface area (Å²) < 4.78 is 11.5. The normalized spacial score (nSPS) is 10.7. The summed E-state index contributed by atoms with van der Waals surface area (Å²) in [6, 6.07) is 11.2. The Morgan fingerprint density at radius 3 is 2.35 bits per heavy atom. The van der Waals surface area contributed by atoms with Gasteiger partial charge in [-0.2, -0.15) is 0 Å². The van der Waals surface area contributed by atoms with Crippen LogP contribution >= 0.6 is 11.6 Å². The van der Waals surface area contributed by atoms with Crippen LogP contribution in [0.4, 0.5) is 0 Å². The highest BCUT2D eigenvalue weighted by molar-refractivity contribution is 6.32. The number of benzene rings is 2. The van der Waals surface area contributed by atoms with Crippen molar-refractivity contribution in [2.24, 2.45) is 0 Å². The Bertz CT molecular complexity index is 680. The average Bonchev–Trinajstić information content (AvgIpc) is 2.52. The second-order valence-electron chi connectivity index (χ2n) is 5.70. The van der Waals surface area contributed by atoms with E-state index in [0.717, 1.165) is 17.6 Å². The summed E-state index contributed by atoms with van der Waals surface area (Å²) in [7, 11) is 0. The minimum atomic E-state index is 0.381. The van der Waals surface area contributed by atoms with Gasteiger partial charge in [0.1, 0.15) is 31.0 Å². The lowest BCUT2D eigenvalue weighted by Gasteiger charge is -2.15. The van der Waals surface area contributed by atoms with Crippen LogP contribution in [0.1, 0.15) is 41.3 Å². The van der Waals surface area contributed by atoms with E-state index >= 15 is 0 Å². The van der Waals surface area contributed by atoms with Crippen LogP contribution < -0.4 is 9.47 Å². The molecule has 3 nitrogen and oxygen atoms in total. The summed E-state index contributed by atoms with van der Waals surface area (Å²) in [6.45, 7) is 7.13. The molecule has 0 saturated heterocycles. The molecule has 0 heterocycles. The largest absolute Gasteiger partial charge is 0.490 e. The van der Waals surface area contributed by atoms with Crippen molar-refractivity contribution >= 4 is 17.9 Å². The van der Waals surface area contributed by atoms with Gasteiger partial charge in [-0.15, -0.1) is 0 Å². The minimum Gasteiger partial charge on any atom is -0.490 e. The number of halogens is 1. The number of hydrogen-bond donors (Lipinski definition) is 0. The number of aldehydes is 1. The molecule has 0 N–H and O–H groups in total. The van der Waals surface area contributed by atoms with E-state index in [-0.39, 0.29) is 0 Å². The average molecular weight is 333 g/mol. The van der Waals surface area contributed by atoms with Gasteiger partial charge < -0.3 is 9.47 Å². The number of hydrogen-bond acceptors (Lipinski definition) is 3. The molecule has 0 aliphatic carbocycles. The van der Waals surface area contributed by atoms with Crippen LogP contribution in [0.3, 0.4) is 0 Å². The summed E-state index contributed by atoms with van der Waals surface area (Å²) in [5.74, 6) is 1.84. The Kier molecular flexibility index (Phi) is 6.05. The van der Waals surface area contributed by atoms with Crippen LogP contribution in [0, 0.1) is 6.92 Å². The molecule has 2 aromatic carbocycles. The predicted octanol–water partition coefficient (Wildman–Crippen LogP) is 5.04. The highest BCUT2D eigenvalue weighted by atomic mass is 35.5. The molecule has 0 radical (unpaired) electrons. The van der Waals surface area contributed by atoms with Crippen LogP contribution in [0.2, 0.25) is 5.02 Å². The first kappa shape index (κ1) is 17.4. The maximum atomic E-state index is 10.7. The quantitative estimate of drug-likeness (QED) is 0.526. The summed E-state index contributed by atoms with van der Waals surface area (Å²) in [6.07, 6.45) is 0.754. The van der Waals surface area contributed by atoms with Gasteiger partial charge in [0.05, 0.1) is 5.02 Å². The lowest BCUT2D eigenvalue weighted by atomic mass is 10.0. The number of rotatable bonds is 7. The standard InChI is InChI=1S/C19H21ClO3/c1-13(2)16-6-4-14(3)10-19(16)23-9-8-22-18-7-5-15(12-21)11-17(18)20/h4-7,10-13H,8-9H2,1-3H3. The fourth-order valence-electron chi connectivity index (χ4n) is 2.25. The van der Waals surface area contributed by atoms with Crippen molar-refractivity contribution in [3.05, 3.63) is 58.1 Å². The summed E-state index contributed by atoms with van der Waals surface area (Å²) in [5, 5.41) is 0.424. The smallest absolute Gasteiger partial charge is 0.150 e. The van der Waals surface area contributed by atoms with E-state index in [2.05, 4.69) is 26.0 Å². The van der Waals surface area contributed by atoms with Gasteiger partial charge in [-0.05, 0) is 48.2 Å². The van der Waals surface area contributed by atoms with E-state index in [1.807, 2.05) is 13.0 Å². The lowest BCUT2D eigenvalue weighted by Crippen LogP contribution is -2.10. The van der Waals surface area contributed by atoms with Crippen LogP contribution in [-0.4, -0.2) is 19.5 Å². The number of ether oxygens (including phenoxy) is 2. The zero-order chi connectivity index (χ0) is 16.8. The molecule has 0 bridgehead atoms. The first-order valence-electron chi connectivity index (χ1n) is 7.62. The molecule has 0 aromatic heterocycles. The zero-order valence-corrected chi connectivity index (χ0v) is 14.4. The molecule has 0 spiro atoms. The predicted molar refractivity (Wildman–Crippen MR) is 93.1 cm³/mol. The Hall–Kier alpha value is -2.00. The lowest BCUT2D eigenvalue weighted by molar-refractivity contribution is 0.112. The van der Waals surface area contributed by atoms with Gasteiger partial charge in [0, 0.05) is 5.56 Å².